The molecule has 9 nitrogen and oxygen atoms in total. The van der Waals surface area contributed by atoms with Crippen molar-refractivity contribution in [3.05, 3.63) is 72.8 Å². The Balaban J connectivity index is 1.72. The Bertz CT molecular complexity index is 1360. The van der Waals surface area contributed by atoms with Gasteiger partial charge >= 0.3 is 0 Å². The highest BCUT2D eigenvalue weighted by Crippen LogP contribution is 2.44. The first-order valence-electron chi connectivity index (χ1n) is 11.1. The summed E-state index contributed by atoms with van der Waals surface area (Å²) in [6.45, 7) is 5.03. The SMILES string of the molecule is Cc1cccnc1C(Nc1c(Nc2ccc(Cl)c(C(=O)N(C)C)c2O)c(=O)c1=O)C1(C)CCOC1. The molecule has 2 aromatic carbocycles. The highest BCUT2D eigenvalue weighted by atomic mass is 35.5. The van der Waals surface area contributed by atoms with E-state index in [1.54, 1.807) is 6.20 Å². The first kappa shape index (κ1) is 24.7. The second-order valence-corrected chi connectivity index (χ2v) is 9.70. The summed E-state index contributed by atoms with van der Waals surface area (Å²) in [4.78, 5) is 43.5. The molecule has 4 rings (SSSR count). The predicted octanol–water partition coefficient (Wildman–Crippen LogP) is 3.37. The van der Waals surface area contributed by atoms with Crippen LogP contribution >= 0.6 is 11.6 Å². The zero-order chi connectivity index (χ0) is 25.5. The monoisotopic (exact) mass is 498 g/mol. The number of hydrogen-bond donors (Lipinski definition) is 3. The van der Waals surface area contributed by atoms with Crippen molar-refractivity contribution in [2.24, 2.45) is 5.41 Å². The number of nitrogens with zero attached hydrogens (tertiary/aromatic N) is 2. The number of aromatic nitrogens is 1. The van der Waals surface area contributed by atoms with E-state index in [1.807, 2.05) is 19.1 Å². The summed E-state index contributed by atoms with van der Waals surface area (Å²) in [6.07, 6.45) is 2.43. The number of phenolic OH excluding ortho intramolecular Hbond substituents is 1. The molecular weight excluding hydrogens is 472 g/mol. The number of anilines is 3. The fourth-order valence-corrected chi connectivity index (χ4v) is 4.54. The summed E-state index contributed by atoms with van der Waals surface area (Å²) in [5, 5.41) is 16.9. The Kier molecular flexibility index (Phi) is 6.57. The fourth-order valence-electron chi connectivity index (χ4n) is 4.31. The van der Waals surface area contributed by atoms with Gasteiger partial charge in [-0.2, -0.15) is 0 Å². The number of phenols is 1. The summed E-state index contributed by atoms with van der Waals surface area (Å²) >= 11 is 6.15. The summed E-state index contributed by atoms with van der Waals surface area (Å²) in [5.74, 6) is -0.914. The molecule has 2 atom stereocenters. The number of benzene rings is 1. The molecule has 0 spiro atoms. The molecule has 1 aromatic heterocycles. The van der Waals surface area contributed by atoms with E-state index in [-0.39, 0.29) is 33.1 Å². The smallest absolute Gasteiger partial charge is 0.258 e. The average molecular weight is 499 g/mol. The number of ether oxygens (including phenoxy) is 1. The molecule has 1 fully saturated rings. The number of amides is 1. The Morgan fingerprint density at radius 1 is 1.23 bits per heavy atom. The van der Waals surface area contributed by atoms with E-state index in [0.717, 1.165) is 17.7 Å². The second-order valence-electron chi connectivity index (χ2n) is 9.29. The van der Waals surface area contributed by atoms with Crippen LogP contribution < -0.4 is 21.5 Å². The van der Waals surface area contributed by atoms with Gasteiger partial charge in [0.25, 0.3) is 16.8 Å². The van der Waals surface area contributed by atoms with Gasteiger partial charge in [0.2, 0.25) is 0 Å². The number of pyridine rings is 1. The first-order chi connectivity index (χ1) is 16.5. The minimum Gasteiger partial charge on any atom is -0.505 e. The molecule has 0 bridgehead atoms. The number of aryl methyl sites for hydroxylation is 1. The predicted molar refractivity (Wildman–Crippen MR) is 135 cm³/mol. The van der Waals surface area contributed by atoms with Crippen LogP contribution in [0.5, 0.6) is 5.75 Å². The van der Waals surface area contributed by atoms with Crippen LogP contribution in [0.1, 0.15) is 41.0 Å². The van der Waals surface area contributed by atoms with E-state index < -0.39 is 28.6 Å². The number of carbonyl (C=O) groups excluding carboxylic acids is 1. The number of rotatable bonds is 7. The molecule has 3 N–H and O–H groups in total. The van der Waals surface area contributed by atoms with E-state index in [9.17, 15) is 19.5 Å². The largest absolute Gasteiger partial charge is 0.505 e. The maximum Gasteiger partial charge on any atom is 0.258 e. The summed E-state index contributed by atoms with van der Waals surface area (Å²) in [7, 11) is 3.06. The van der Waals surface area contributed by atoms with Crippen molar-refractivity contribution in [3.63, 3.8) is 0 Å². The van der Waals surface area contributed by atoms with E-state index in [4.69, 9.17) is 16.3 Å². The van der Waals surface area contributed by atoms with Gasteiger partial charge in [0.15, 0.2) is 5.75 Å². The molecule has 2 unspecified atom stereocenters. The van der Waals surface area contributed by atoms with Gasteiger partial charge in [-0.3, -0.25) is 19.4 Å². The van der Waals surface area contributed by atoms with Crippen LogP contribution in [0.4, 0.5) is 17.1 Å². The van der Waals surface area contributed by atoms with E-state index in [2.05, 4.69) is 22.5 Å². The molecular formula is C25H27ClN4O5. The van der Waals surface area contributed by atoms with Crippen molar-refractivity contribution in [2.45, 2.75) is 26.3 Å². The van der Waals surface area contributed by atoms with Crippen molar-refractivity contribution in [3.8, 4) is 5.75 Å². The zero-order valence-electron chi connectivity index (χ0n) is 19.9. The second kappa shape index (κ2) is 9.31. The summed E-state index contributed by atoms with van der Waals surface area (Å²) < 4.78 is 5.66. The van der Waals surface area contributed by atoms with Gasteiger partial charge < -0.3 is 25.4 Å². The van der Waals surface area contributed by atoms with Crippen LogP contribution in [0.25, 0.3) is 0 Å². The van der Waals surface area contributed by atoms with Crippen LogP contribution in [0.15, 0.2) is 40.1 Å². The third-order valence-electron chi connectivity index (χ3n) is 6.48. The molecule has 2 heterocycles. The Morgan fingerprint density at radius 2 is 1.94 bits per heavy atom. The van der Waals surface area contributed by atoms with Crippen LogP contribution in [-0.4, -0.2) is 48.2 Å². The lowest BCUT2D eigenvalue weighted by Crippen LogP contribution is -2.41. The van der Waals surface area contributed by atoms with Crippen molar-refractivity contribution in [2.75, 3.05) is 37.9 Å². The van der Waals surface area contributed by atoms with Crippen molar-refractivity contribution >= 4 is 34.6 Å². The van der Waals surface area contributed by atoms with Gasteiger partial charge in [-0.1, -0.05) is 24.6 Å². The molecule has 10 heteroatoms. The molecule has 0 radical (unpaired) electrons. The number of nitrogens with one attached hydrogen (secondary N) is 2. The summed E-state index contributed by atoms with van der Waals surface area (Å²) in [6, 6.07) is 6.25. The lowest BCUT2D eigenvalue weighted by molar-refractivity contribution is 0.0825. The molecule has 3 aromatic rings. The van der Waals surface area contributed by atoms with Gasteiger partial charge in [0.05, 0.1) is 29.1 Å². The van der Waals surface area contributed by atoms with Crippen molar-refractivity contribution in [1.82, 2.24) is 9.88 Å². The average Bonchev–Trinajstić information content (AvgIpc) is 3.27. The third kappa shape index (κ3) is 4.37. The van der Waals surface area contributed by atoms with Crippen LogP contribution in [-0.2, 0) is 4.74 Å². The Morgan fingerprint density at radius 3 is 2.57 bits per heavy atom. The minimum atomic E-state index is -0.730. The lowest BCUT2D eigenvalue weighted by atomic mass is 9.78. The van der Waals surface area contributed by atoms with Gasteiger partial charge in [0.1, 0.15) is 16.9 Å². The van der Waals surface area contributed by atoms with E-state index in [1.165, 1.54) is 31.1 Å². The van der Waals surface area contributed by atoms with Crippen molar-refractivity contribution in [1.29, 1.82) is 0 Å². The van der Waals surface area contributed by atoms with Gasteiger partial charge in [0, 0.05) is 32.3 Å². The highest BCUT2D eigenvalue weighted by Gasteiger charge is 2.42. The molecule has 1 aliphatic heterocycles. The van der Waals surface area contributed by atoms with Gasteiger partial charge in [-0.25, -0.2) is 0 Å². The lowest BCUT2D eigenvalue weighted by Gasteiger charge is -2.35. The van der Waals surface area contributed by atoms with Crippen LogP contribution in [0, 0.1) is 12.3 Å². The molecule has 184 valence electrons. The van der Waals surface area contributed by atoms with Crippen LogP contribution in [0.3, 0.4) is 0 Å². The molecule has 0 aliphatic carbocycles. The molecule has 0 saturated carbocycles. The maximum absolute atomic E-state index is 12.6. The third-order valence-corrected chi connectivity index (χ3v) is 6.79. The quantitative estimate of drug-likeness (QED) is 0.335. The number of aromatic hydroxyl groups is 1. The topological polar surface area (TPSA) is 121 Å². The standard InChI is InChI=1S/C25H27ClN4O5/c1-13-6-5-10-27-17(13)23(25(2)9-11-35-12-25)29-19-18(21(32)22(19)33)28-15-8-7-14(26)16(20(15)31)24(34)30(3)4/h5-8,10,23,28-29,31H,9,11-12H2,1-4H3. The Hall–Kier alpha value is -3.43. The van der Waals surface area contributed by atoms with E-state index in [0.29, 0.717) is 13.2 Å². The molecule has 1 saturated heterocycles. The Labute approximate surface area is 207 Å². The first-order valence-corrected chi connectivity index (χ1v) is 11.5. The maximum atomic E-state index is 12.6. The molecule has 1 amide bonds. The van der Waals surface area contributed by atoms with Gasteiger partial charge in [-0.05, 0) is 37.1 Å². The number of carbonyl (C=O) groups is 1. The fraction of sp³-hybridized carbons (Fsp3) is 0.360. The highest BCUT2D eigenvalue weighted by molar-refractivity contribution is 6.34. The van der Waals surface area contributed by atoms with Gasteiger partial charge in [-0.15, -0.1) is 0 Å². The van der Waals surface area contributed by atoms with E-state index >= 15 is 0 Å². The van der Waals surface area contributed by atoms with Crippen LogP contribution in [0.2, 0.25) is 5.02 Å². The van der Waals surface area contributed by atoms with Crippen molar-refractivity contribution < 1.29 is 14.6 Å². The normalized spacial score (nSPS) is 18.4. The number of hydrogen-bond acceptors (Lipinski definition) is 8. The minimum absolute atomic E-state index is 0.00280. The zero-order valence-corrected chi connectivity index (χ0v) is 20.7. The molecule has 35 heavy (non-hydrogen) atoms. The summed E-state index contributed by atoms with van der Waals surface area (Å²) in [5.41, 5.74) is -0.0168. The number of halogens is 1. The molecule has 1 aliphatic rings.